The van der Waals surface area contributed by atoms with E-state index in [1.165, 1.54) is 0 Å². The van der Waals surface area contributed by atoms with Crippen LogP contribution in [0.4, 0.5) is 0 Å². The minimum absolute atomic E-state index is 0.169. The Balaban J connectivity index is 1.97. The number of hydrogen-bond donors (Lipinski definition) is 1. The summed E-state index contributed by atoms with van der Waals surface area (Å²) in [6.07, 6.45) is 0. The molecule has 19 heavy (non-hydrogen) atoms. The molecule has 3 rings (SSSR count). The molecule has 1 aromatic heterocycles. The van der Waals surface area contributed by atoms with Crippen molar-refractivity contribution in [2.24, 2.45) is 0 Å². The molecule has 0 unspecified atom stereocenters. The largest absolute Gasteiger partial charge is 0.395 e. The molecule has 0 fully saturated rings. The van der Waals surface area contributed by atoms with Crippen molar-refractivity contribution in [2.45, 2.75) is 11.8 Å². The number of aliphatic hydroxyl groups excluding tert-OH is 1. The average molecular weight is 341 g/mol. The van der Waals surface area contributed by atoms with Crippen LogP contribution in [-0.2, 0) is 6.67 Å². The van der Waals surface area contributed by atoms with Crippen molar-refractivity contribution in [3.05, 3.63) is 28.7 Å². The van der Waals surface area contributed by atoms with Gasteiger partial charge < -0.3 is 5.11 Å². The quantitative estimate of drug-likeness (QED) is 0.926. The van der Waals surface area contributed by atoms with Gasteiger partial charge in [-0.25, -0.2) is 0 Å². The fourth-order valence-corrected chi connectivity index (χ4v) is 3.40. The lowest BCUT2D eigenvalue weighted by Gasteiger charge is -2.27. The molecule has 7 heteroatoms. The van der Waals surface area contributed by atoms with Crippen LogP contribution < -0.4 is 0 Å². The first-order valence-electron chi connectivity index (χ1n) is 5.93. The van der Waals surface area contributed by atoms with Crippen molar-refractivity contribution in [3.63, 3.8) is 0 Å². The topological polar surface area (TPSA) is 54.2 Å². The van der Waals surface area contributed by atoms with Gasteiger partial charge in [-0.05, 0) is 6.07 Å². The summed E-state index contributed by atoms with van der Waals surface area (Å²) in [5.74, 6) is 1.70. The van der Waals surface area contributed by atoms with Crippen LogP contribution in [0.1, 0.15) is 0 Å². The van der Waals surface area contributed by atoms with E-state index in [9.17, 15) is 0 Å². The Labute approximate surface area is 123 Å². The number of halogens is 1. The molecule has 0 atom stereocenters. The van der Waals surface area contributed by atoms with E-state index in [4.69, 9.17) is 5.11 Å². The van der Waals surface area contributed by atoms with E-state index in [0.717, 1.165) is 26.9 Å². The highest BCUT2D eigenvalue weighted by Crippen LogP contribution is 2.32. The second kappa shape index (κ2) is 5.62. The Morgan fingerprint density at radius 3 is 2.95 bits per heavy atom. The number of aliphatic hydroxyl groups is 1. The van der Waals surface area contributed by atoms with E-state index in [0.29, 0.717) is 13.2 Å². The third-order valence-electron chi connectivity index (χ3n) is 2.97. The van der Waals surface area contributed by atoms with E-state index in [2.05, 4.69) is 35.6 Å². The maximum Gasteiger partial charge on any atom is 0.193 e. The van der Waals surface area contributed by atoms with Gasteiger partial charge in [0.2, 0.25) is 0 Å². The molecule has 100 valence electrons. The second-order valence-electron chi connectivity index (χ2n) is 4.25. The van der Waals surface area contributed by atoms with Crippen molar-refractivity contribution in [1.82, 2.24) is 19.7 Å². The highest BCUT2D eigenvalue weighted by molar-refractivity contribution is 9.10. The van der Waals surface area contributed by atoms with Crippen molar-refractivity contribution in [2.75, 3.05) is 19.0 Å². The molecule has 0 radical (unpaired) electrons. The Morgan fingerprint density at radius 2 is 2.16 bits per heavy atom. The number of fused-ring (bicyclic) bond motifs is 1. The van der Waals surface area contributed by atoms with Gasteiger partial charge in [-0.1, -0.05) is 45.9 Å². The standard InChI is InChI=1S/C12H13BrN4OS/c13-10-4-2-1-3-9(10)11-14-15-12-17(11)7-16(5-6-18)8-19-12/h1-4,18H,5-8H2. The Morgan fingerprint density at radius 1 is 1.32 bits per heavy atom. The van der Waals surface area contributed by atoms with Gasteiger partial charge in [-0.3, -0.25) is 9.47 Å². The minimum Gasteiger partial charge on any atom is -0.395 e. The summed E-state index contributed by atoms with van der Waals surface area (Å²) in [4.78, 5) is 2.17. The Hall–Kier alpha value is -0.890. The zero-order valence-electron chi connectivity index (χ0n) is 10.2. The highest BCUT2D eigenvalue weighted by atomic mass is 79.9. The first-order chi connectivity index (χ1) is 9.29. The van der Waals surface area contributed by atoms with Gasteiger partial charge in [0.05, 0.1) is 19.2 Å². The van der Waals surface area contributed by atoms with Crippen LogP contribution in [0, 0.1) is 0 Å². The third kappa shape index (κ3) is 2.55. The molecule has 0 saturated carbocycles. The molecular formula is C12H13BrN4OS. The molecule has 1 N–H and O–H groups in total. The molecule has 0 bridgehead atoms. The zero-order chi connectivity index (χ0) is 13.2. The Bertz CT molecular complexity index is 589. The number of rotatable bonds is 3. The van der Waals surface area contributed by atoms with Gasteiger partial charge in [-0.15, -0.1) is 10.2 Å². The van der Waals surface area contributed by atoms with Crippen LogP contribution >= 0.6 is 27.7 Å². The fraction of sp³-hybridized carbons (Fsp3) is 0.333. The summed E-state index contributed by atoms with van der Waals surface area (Å²) in [5.41, 5.74) is 1.03. The predicted molar refractivity (Wildman–Crippen MR) is 77.7 cm³/mol. The smallest absolute Gasteiger partial charge is 0.193 e. The summed E-state index contributed by atoms with van der Waals surface area (Å²) < 4.78 is 3.10. The summed E-state index contributed by atoms with van der Waals surface area (Å²) >= 11 is 5.20. The van der Waals surface area contributed by atoms with Gasteiger partial charge in [0, 0.05) is 16.6 Å². The van der Waals surface area contributed by atoms with Crippen LogP contribution in [0.15, 0.2) is 33.9 Å². The molecule has 0 spiro atoms. The van der Waals surface area contributed by atoms with E-state index in [1.54, 1.807) is 11.8 Å². The molecule has 2 heterocycles. The van der Waals surface area contributed by atoms with Gasteiger partial charge >= 0.3 is 0 Å². The van der Waals surface area contributed by atoms with Crippen LogP contribution in [0.5, 0.6) is 0 Å². The molecular weight excluding hydrogens is 328 g/mol. The summed E-state index contributed by atoms with van der Waals surface area (Å²) in [5, 5.41) is 18.5. The van der Waals surface area contributed by atoms with Gasteiger partial charge in [0.1, 0.15) is 0 Å². The molecule has 1 aliphatic rings. The average Bonchev–Trinajstić information content (AvgIpc) is 2.83. The lowest BCUT2D eigenvalue weighted by atomic mass is 10.2. The number of β-amino-alcohol motifs (C(OH)–C–C–N with tert-alkyl or cyclic N) is 1. The normalized spacial score (nSPS) is 15.5. The first-order valence-corrected chi connectivity index (χ1v) is 7.71. The van der Waals surface area contributed by atoms with Gasteiger partial charge in [-0.2, -0.15) is 0 Å². The molecule has 2 aromatic rings. The summed E-state index contributed by atoms with van der Waals surface area (Å²) in [7, 11) is 0. The molecule has 0 aliphatic carbocycles. The number of thioether (sulfide) groups is 1. The van der Waals surface area contributed by atoms with Crippen molar-refractivity contribution in [1.29, 1.82) is 0 Å². The molecule has 1 aliphatic heterocycles. The van der Waals surface area contributed by atoms with Crippen LogP contribution in [0.3, 0.4) is 0 Å². The van der Waals surface area contributed by atoms with Gasteiger partial charge in [0.25, 0.3) is 0 Å². The number of benzene rings is 1. The lowest BCUT2D eigenvalue weighted by Crippen LogP contribution is -2.32. The number of hydrogen-bond acceptors (Lipinski definition) is 5. The fourth-order valence-electron chi connectivity index (χ4n) is 2.03. The van der Waals surface area contributed by atoms with Crippen LogP contribution in [0.2, 0.25) is 0 Å². The maximum atomic E-state index is 9.05. The molecule has 0 amide bonds. The van der Waals surface area contributed by atoms with Crippen molar-refractivity contribution < 1.29 is 5.11 Å². The monoisotopic (exact) mass is 340 g/mol. The first kappa shape index (κ1) is 13.1. The second-order valence-corrected chi connectivity index (χ2v) is 6.01. The number of nitrogens with zero attached hydrogens (tertiary/aromatic N) is 4. The predicted octanol–water partition coefficient (Wildman–Crippen LogP) is 2.02. The molecule has 5 nitrogen and oxygen atoms in total. The van der Waals surface area contributed by atoms with E-state index in [-0.39, 0.29) is 6.61 Å². The SMILES string of the molecule is OCCN1CSc2nnc(-c3ccccc3Br)n2C1. The summed E-state index contributed by atoms with van der Waals surface area (Å²) in [6.45, 7) is 1.55. The van der Waals surface area contributed by atoms with E-state index in [1.807, 2.05) is 24.3 Å². The minimum atomic E-state index is 0.169. The lowest BCUT2D eigenvalue weighted by molar-refractivity contribution is 0.178. The highest BCUT2D eigenvalue weighted by Gasteiger charge is 2.22. The van der Waals surface area contributed by atoms with E-state index < -0.39 is 0 Å². The van der Waals surface area contributed by atoms with Crippen molar-refractivity contribution in [3.8, 4) is 11.4 Å². The van der Waals surface area contributed by atoms with Crippen LogP contribution in [0.25, 0.3) is 11.4 Å². The number of aromatic nitrogens is 3. The summed E-state index contributed by atoms with van der Waals surface area (Å²) in [6, 6.07) is 7.99. The van der Waals surface area contributed by atoms with Gasteiger partial charge in [0.15, 0.2) is 11.0 Å². The molecule has 1 aromatic carbocycles. The van der Waals surface area contributed by atoms with E-state index >= 15 is 0 Å². The maximum absolute atomic E-state index is 9.05. The van der Waals surface area contributed by atoms with Crippen LogP contribution in [-0.4, -0.2) is 43.8 Å². The Kier molecular flexibility index (Phi) is 3.88. The van der Waals surface area contributed by atoms with Crippen molar-refractivity contribution >= 4 is 27.7 Å². The third-order valence-corrected chi connectivity index (χ3v) is 4.71. The zero-order valence-corrected chi connectivity index (χ0v) is 12.6. The molecule has 0 saturated heterocycles.